The molecule has 10 rings (SSSR count). The standard InChI is InChI=1S/C53H36N4/c1-53(2)46-30-38(24-25-45(46)50-49(54-3)31-39-17-10-11-19-44(39)51(50)53)41-27-42(40-18-12-26-55-33-40)29-43(28-41)48-32-47(56-52(57-48)37-15-8-5-9-16-37)36-22-20-35(21-23-36)34-13-6-4-7-14-34/h4-33H,1-2H3. The molecule has 0 aliphatic heterocycles. The van der Waals surface area contributed by atoms with Crippen molar-refractivity contribution < 1.29 is 0 Å². The van der Waals surface area contributed by atoms with Gasteiger partial charge in [-0.2, -0.15) is 0 Å². The Morgan fingerprint density at radius 2 is 1.09 bits per heavy atom. The van der Waals surface area contributed by atoms with Crippen molar-refractivity contribution in [2.75, 3.05) is 0 Å². The first-order valence-electron chi connectivity index (χ1n) is 19.2. The molecule has 4 heteroatoms. The van der Waals surface area contributed by atoms with Crippen molar-refractivity contribution >= 4 is 16.5 Å². The minimum Gasteiger partial charge on any atom is -0.264 e. The van der Waals surface area contributed by atoms with Crippen LogP contribution in [0, 0.1) is 6.57 Å². The summed E-state index contributed by atoms with van der Waals surface area (Å²) in [6, 6.07) is 59.4. The van der Waals surface area contributed by atoms with E-state index in [0.717, 1.165) is 72.4 Å². The molecule has 268 valence electrons. The summed E-state index contributed by atoms with van der Waals surface area (Å²) in [5, 5.41) is 2.30. The molecule has 0 N–H and O–H groups in total. The largest absolute Gasteiger partial charge is 0.264 e. The summed E-state index contributed by atoms with van der Waals surface area (Å²) in [5.41, 5.74) is 16.2. The van der Waals surface area contributed by atoms with E-state index in [9.17, 15) is 0 Å². The van der Waals surface area contributed by atoms with Crippen LogP contribution in [0.1, 0.15) is 25.0 Å². The Labute approximate surface area is 332 Å². The molecule has 0 amide bonds. The molecule has 1 aliphatic rings. The maximum atomic E-state index is 8.14. The first-order valence-corrected chi connectivity index (χ1v) is 19.2. The molecule has 0 fully saturated rings. The smallest absolute Gasteiger partial charge is 0.195 e. The van der Waals surface area contributed by atoms with Gasteiger partial charge in [-0.3, -0.25) is 4.98 Å². The van der Waals surface area contributed by atoms with Crippen LogP contribution in [0.5, 0.6) is 0 Å². The molecule has 0 saturated heterocycles. The van der Waals surface area contributed by atoms with E-state index in [2.05, 4.69) is 151 Å². The van der Waals surface area contributed by atoms with Crippen LogP contribution in [0.25, 0.3) is 94.0 Å². The molecule has 0 radical (unpaired) electrons. The first kappa shape index (κ1) is 34.0. The molecule has 7 aromatic carbocycles. The SMILES string of the molecule is [C-]#[N+]c1cc2ccccc2c2c1-c1ccc(-c3cc(-c4cccnc4)cc(-c4cc(-c5ccc(-c6ccccc6)cc5)nc(-c5ccccc5)n4)c3)cc1C2(C)C. The van der Waals surface area contributed by atoms with Crippen molar-refractivity contribution in [2.45, 2.75) is 19.3 Å². The fourth-order valence-electron chi connectivity index (χ4n) is 8.50. The minimum absolute atomic E-state index is 0.313. The van der Waals surface area contributed by atoms with Crippen LogP contribution in [-0.4, -0.2) is 15.0 Å². The Morgan fingerprint density at radius 1 is 0.491 bits per heavy atom. The predicted octanol–water partition coefficient (Wildman–Crippen LogP) is 13.9. The third kappa shape index (κ3) is 5.98. The molecule has 0 saturated carbocycles. The Hall–Kier alpha value is -7.48. The van der Waals surface area contributed by atoms with Crippen LogP contribution in [0.3, 0.4) is 0 Å². The highest BCUT2D eigenvalue weighted by atomic mass is 14.9. The van der Waals surface area contributed by atoms with Gasteiger partial charge in [-0.25, -0.2) is 14.8 Å². The third-order valence-electron chi connectivity index (χ3n) is 11.3. The zero-order valence-electron chi connectivity index (χ0n) is 31.6. The molecule has 0 atom stereocenters. The van der Waals surface area contributed by atoms with E-state index in [0.29, 0.717) is 11.5 Å². The highest BCUT2D eigenvalue weighted by molar-refractivity contribution is 6.04. The van der Waals surface area contributed by atoms with Crippen molar-refractivity contribution in [3.8, 4) is 78.4 Å². The zero-order chi connectivity index (χ0) is 38.5. The highest BCUT2D eigenvalue weighted by Gasteiger charge is 2.38. The lowest BCUT2D eigenvalue weighted by Gasteiger charge is -2.24. The fraction of sp³-hybridized carbons (Fsp3) is 0.0566. The van der Waals surface area contributed by atoms with Crippen molar-refractivity contribution in [3.05, 3.63) is 205 Å². The molecular formula is C53H36N4. The van der Waals surface area contributed by atoms with Gasteiger partial charge in [0, 0.05) is 40.1 Å². The zero-order valence-corrected chi connectivity index (χ0v) is 31.6. The normalized spacial score (nSPS) is 12.5. The van der Waals surface area contributed by atoms with Gasteiger partial charge < -0.3 is 0 Å². The summed E-state index contributed by atoms with van der Waals surface area (Å²) in [5.74, 6) is 0.670. The quantitative estimate of drug-likeness (QED) is 0.160. The molecule has 4 nitrogen and oxygen atoms in total. The second-order valence-electron chi connectivity index (χ2n) is 15.2. The van der Waals surface area contributed by atoms with E-state index >= 15 is 0 Å². The maximum absolute atomic E-state index is 8.14. The van der Waals surface area contributed by atoms with Crippen LogP contribution in [0.2, 0.25) is 0 Å². The molecule has 0 unspecified atom stereocenters. The number of nitrogens with zero attached hydrogens (tertiary/aromatic N) is 4. The summed E-state index contributed by atoms with van der Waals surface area (Å²) < 4.78 is 0. The van der Waals surface area contributed by atoms with E-state index < -0.39 is 0 Å². The summed E-state index contributed by atoms with van der Waals surface area (Å²) in [4.78, 5) is 18.9. The number of rotatable bonds is 6. The lowest BCUT2D eigenvalue weighted by atomic mass is 9.79. The van der Waals surface area contributed by atoms with Gasteiger partial charge in [0.15, 0.2) is 11.5 Å². The number of hydrogen-bond acceptors (Lipinski definition) is 3. The van der Waals surface area contributed by atoms with Gasteiger partial charge >= 0.3 is 0 Å². The Bertz CT molecular complexity index is 3020. The van der Waals surface area contributed by atoms with Gasteiger partial charge in [-0.1, -0.05) is 141 Å². The fourth-order valence-corrected chi connectivity index (χ4v) is 8.50. The van der Waals surface area contributed by atoms with Crippen LogP contribution in [0.15, 0.2) is 182 Å². The van der Waals surface area contributed by atoms with Gasteiger partial charge in [-0.05, 0) is 103 Å². The Balaban J connectivity index is 1.14. The van der Waals surface area contributed by atoms with Crippen LogP contribution in [-0.2, 0) is 5.41 Å². The second-order valence-corrected chi connectivity index (χ2v) is 15.2. The van der Waals surface area contributed by atoms with Gasteiger partial charge in [0.1, 0.15) is 0 Å². The number of benzene rings is 7. The van der Waals surface area contributed by atoms with Crippen LogP contribution < -0.4 is 0 Å². The molecule has 0 spiro atoms. The van der Waals surface area contributed by atoms with Gasteiger partial charge in [-0.15, -0.1) is 0 Å². The van der Waals surface area contributed by atoms with Gasteiger partial charge in [0.05, 0.1) is 18.0 Å². The molecule has 0 bridgehead atoms. The lowest BCUT2D eigenvalue weighted by molar-refractivity contribution is 0.666. The highest BCUT2D eigenvalue weighted by Crippen LogP contribution is 2.55. The number of aromatic nitrogens is 3. The van der Waals surface area contributed by atoms with E-state index in [-0.39, 0.29) is 5.41 Å². The van der Waals surface area contributed by atoms with E-state index in [1.807, 2.05) is 54.9 Å². The Kier molecular flexibility index (Phi) is 8.17. The Morgan fingerprint density at radius 3 is 1.81 bits per heavy atom. The van der Waals surface area contributed by atoms with E-state index in [1.54, 1.807) is 0 Å². The molecule has 57 heavy (non-hydrogen) atoms. The number of hydrogen-bond donors (Lipinski definition) is 0. The van der Waals surface area contributed by atoms with Crippen molar-refractivity contribution in [1.29, 1.82) is 0 Å². The second kappa shape index (κ2) is 13.7. The van der Waals surface area contributed by atoms with Crippen LogP contribution in [0.4, 0.5) is 5.69 Å². The number of pyridine rings is 1. The summed E-state index contributed by atoms with van der Waals surface area (Å²) in [6.45, 7) is 12.7. The molecular weight excluding hydrogens is 693 g/mol. The summed E-state index contributed by atoms with van der Waals surface area (Å²) >= 11 is 0. The monoisotopic (exact) mass is 728 g/mol. The maximum Gasteiger partial charge on any atom is 0.195 e. The molecule has 1 aliphatic carbocycles. The molecule has 2 heterocycles. The average molecular weight is 729 g/mol. The van der Waals surface area contributed by atoms with Crippen molar-refractivity contribution in [3.63, 3.8) is 0 Å². The molecule has 9 aromatic rings. The van der Waals surface area contributed by atoms with E-state index in [1.165, 1.54) is 22.1 Å². The minimum atomic E-state index is -0.313. The first-order chi connectivity index (χ1) is 27.9. The summed E-state index contributed by atoms with van der Waals surface area (Å²) in [7, 11) is 0. The predicted molar refractivity (Wildman–Crippen MR) is 234 cm³/mol. The van der Waals surface area contributed by atoms with Gasteiger partial charge in [0.25, 0.3) is 0 Å². The van der Waals surface area contributed by atoms with Crippen molar-refractivity contribution in [2.24, 2.45) is 0 Å². The lowest BCUT2D eigenvalue weighted by Crippen LogP contribution is -2.15. The number of fused-ring (bicyclic) bond motifs is 5. The van der Waals surface area contributed by atoms with Gasteiger partial charge in [0.2, 0.25) is 0 Å². The molecule has 2 aromatic heterocycles. The van der Waals surface area contributed by atoms with E-state index in [4.69, 9.17) is 16.5 Å². The average Bonchev–Trinajstić information content (AvgIpc) is 3.52. The van der Waals surface area contributed by atoms with Crippen LogP contribution >= 0.6 is 0 Å². The topological polar surface area (TPSA) is 43.0 Å². The van der Waals surface area contributed by atoms with Crippen molar-refractivity contribution in [1.82, 2.24) is 15.0 Å². The summed E-state index contributed by atoms with van der Waals surface area (Å²) in [6.07, 6.45) is 3.72. The third-order valence-corrected chi connectivity index (χ3v) is 11.3.